The van der Waals surface area contributed by atoms with Crippen LogP contribution in [0.5, 0.6) is 5.75 Å². The predicted octanol–water partition coefficient (Wildman–Crippen LogP) is 2.11. The molecule has 0 atom stereocenters. The highest BCUT2D eigenvalue weighted by Crippen LogP contribution is 2.25. The highest BCUT2D eigenvalue weighted by atomic mass is 32.1. The van der Waals surface area contributed by atoms with Crippen LogP contribution in [0, 0.1) is 5.41 Å². The predicted molar refractivity (Wildman–Crippen MR) is 119 cm³/mol. The van der Waals surface area contributed by atoms with Crippen LogP contribution in [0.4, 0.5) is 0 Å². The quantitative estimate of drug-likeness (QED) is 0.654. The maximum atomic E-state index is 12.4. The average molecular weight is 414 g/mol. The van der Waals surface area contributed by atoms with Crippen molar-refractivity contribution in [3.05, 3.63) is 61.7 Å². The zero-order valence-corrected chi connectivity index (χ0v) is 17.8. The molecule has 0 saturated carbocycles. The van der Waals surface area contributed by atoms with E-state index in [1.807, 2.05) is 18.2 Å². The lowest BCUT2D eigenvalue weighted by Gasteiger charge is -2.21. The first-order valence-electron chi connectivity index (χ1n) is 9.37. The third-order valence-electron chi connectivity index (χ3n) is 4.25. The number of aromatic nitrogens is 1. The van der Waals surface area contributed by atoms with E-state index in [0.717, 1.165) is 36.3 Å². The molecule has 0 radical (unpaired) electrons. The number of Topliss-reactive ketones (excluding diaryl/α,β-unsaturated/α-hetero) is 1. The van der Waals surface area contributed by atoms with Gasteiger partial charge in [-0.2, -0.15) is 0 Å². The topological polar surface area (TPSA) is 95.0 Å². The summed E-state index contributed by atoms with van der Waals surface area (Å²) in [5, 5.41) is 8.99. The second-order valence-electron chi connectivity index (χ2n) is 7.02. The summed E-state index contributed by atoms with van der Waals surface area (Å²) in [7, 11) is 0. The summed E-state index contributed by atoms with van der Waals surface area (Å²) in [5.41, 5.74) is 1.15. The third-order valence-corrected chi connectivity index (χ3v) is 5.21. The van der Waals surface area contributed by atoms with Gasteiger partial charge >= 0.3 is 0 Å². The van der Waals surface area contributed by atoms with Gasteiger partial charge < -0.3 is 20.4 Å². The van der Waals surface area contributed by atoms with Gasteiger partial charge in [0.15, 0.2) is 5.78 Å². The van der Waals surface area contributed by atoms with Crippen LogP contribution >= 0.6 is 11.3 Å². The van der Waals surface area contributed by atoms with Gasteiger partial charge in [0.2, 0.25) is 0 Å². The zero-order valence-electron chi connectivity index (χ0n) is 17.0. The Hall–Kier alpha value is -2.93. The number of thiazole rings is 1. The largest absolute Gasteiger partial charge is 0.493 e. The van der Waals surface area contributed by atoms with Crippen LogP contribution in [0.1, 0.15) is 38.3 Å². The SMILES string of the molecule is C=CNC(C)(C)C(=O)/C=c1\[nH]c(=O)/c(=C/c2ccc3c(c2)CCCO3)s1.CC=N. The lowest BCUT2D eigenvalue weighted by molar-refractivity contribution is -0.117. The Morgan fingerprint density at radius 2 is 2.14 bits per heavy atom. The molecule has 1 aromatic carbocycles. The minimum absolute atomic E-state index is 0.132. The summed E-state index contributed by atoms with van der Waals surface area (Å²) in [4.78, 5) is 27.3. The number of nitrogens with one attached hydrogen (secondary N) is 3. The minimum atomic E-state index is -0.773. The number of hydrogen-bond acceptors (Lipinski definition) is 6. The van der Waals surface area contributed by atoms with E-state index in [2.05, 4.69) is 22.9 Å². The molecule has 0 unspecified atom stereocenters. The molecule has 29 heavy (non-hydrogen) atoms. The van der Waals surface area contributed by atoms with Gasteiger partial charge in [-0.3, -0.25) is 9.59 Å². The molecular formula is C22H27N3O3S. The van der Waals surface area contributed by atoms with Crippen molar-refractivity contribution >= 4 is 35.5 Å². The van der Waals surface area contributed by atoms with E-state index in [-0.39, 0.29) is 11.3 Å². The van der Waals surface area contributed by atoms with Gasteiger partial charge in [0.25, 0.3) is 5.56 Å². The van der Waals surface area contributed by atoms with Crippen molar-refractivity contribution in [1.82, 2.24) is 10.3 Å². The summed E-state index contributed by atoms with van der Waals surface area (Å²) in [6.07, 6.45) is 8.03. The molecule has 2 heterocycles. The minimum Gasteiger partial charge on any atom is -0.493 e. The van der Waals surface area contributed by atoms with Crippen LogP contribution in [0.3, 0.4) is 0 Å². The number of ketones is 1. The Morgan fingerprint density at radius 1 is 1.41 bits per heavy atom. The van der Waals surface area contributed by atoms with Crippen LogP contribution in [0.25, 0.3) is 12.2 Å². The fraction of sp³-hybridized carbons (Fsp3) is 0.318. The number of carbonyl (C=O) groups excluding carboxylic acids is 1. The van der Waals surface area contributed by atoms with E-state index in [1.54, 1.807) is 20.8 Å². The van der Waals surface area contributed by atoms with E-state index < -0.39 is 5.54 Å². The summed E-state index contributed by atoms with van der Waals surface area (Å²) in [6.45, 7) is 9.54. The summed E-state index contributed by atoms with van der Waals surface area (Å²) in [6, 6.07) is 5.94. The molecule has 0 aliphatic carbocycles. The summed E-state index contributed by atoms with van der Waals surface area (Å²) >= 11 is 1.27. The number of H-pyrrole nitrogens is 1. The van der Waals surface area contributed by atoms with Crippen LogP contribution < -0.4 is 24.8 Å². The molecular weight excluding hydrogens is 386 g/mol. The van der Waals surface area contributed by atoms with Gasteiger partial charge in [0, 0.05) is 6.08 Å². The van der Waals surface area contributed by atoms with Gasteiger partial charge in [-0.05, 0) is 75.4 Å². The molecule has 3 N–H and O–H groups in total. The number of aryl methyl sites for hydroxylation is 1. The van der Waals surface area contributed by atoms with E-state index in [1.165, 1.54) is 29.8 Å². The second-order valence-corrected chi connectivity index (χ2v) is 8.10. The first-order chi connectivity index (χ1) is 13.8. The van der Waals surface area contributed by atoms with Crippen LogP contribution in [-0.4, -0.2) is 29.1 Å². The standard InChI is InChI=1S/C20H22N2O3S.C2H5N/c1-4-21-20(2,3)17(23)12-18-22-19(24)16(26-18)11-13-7-8-15-14(10-13)6-5-9-25-15;1-2-3/h4,7-8,10-12,21H,1,5-6,9H2,2-3H3,(H,22,24);2-3H,1H3/b16-11-,18-12+;. The monoisotopic (exact) mass is 413 g/mol. The summed E-state index contributed by atoms with van der Waals surface area (Å²) < 4.78 is 6.72. The van der Waals surface area contributed by atoms with Gasteiger partial charge in [0.05, 0.1) is 21.3 Å². The van der Waals surface area contributed by atoms with E-state index >= 15 is 0 Å². The molecule has 0 saturated heterocycles. The second kappa shape index (κ2) is 10.0. The first kappa shape index (κ1) is 22.4. The maximum absolute atomic E-state index is 12.4. The molecule has 6 nitrogen and oxygen atoms in total. The molecule has 0 fully saturated rings. The molecule has 0 bridgehead atoms. The van der Waals surface area contributed by atoms with Crippen molar-refractivity contribution in [2.75, 3.05) is 6.61 Å². The highest BCUT2D eigenvalue weighted by molar-refractivity contribution is 7.07. The molecule has 1 aromatic heterocycles. The van der Waals surface area contributed by atoms with Crippen molar-refractivity contribution in [1.29, 1.82) is 5.41 Å². The third kappa shape index (κ3) is 6.02. The van der Waals surface area contributed by atoms with E-state index in [4.69, 9.17) is 10.1 Å². The van der Waals surface area contributed by atoms with Crippen molar-refractivity contribution in [3.63, 3.8) is 0 Å². The fourth-order valence-electron chi connectivity index (χ4n) is 2.77. The molecule has 1 aliphatic heterocycles. The lowest BCUT2D eigenvalue weighted by Crippen LogP contribution is -2.43. The van der Waals surface area contributed by atoms with Crippen LogP contribution in [0.15, 0.2) is 35.8 Å². The van der Waals surface area contributed by atoms with Crippen molar-refractivity contribution < 1.29 is 9.53 Å². The molecule has 154 valence electrons. The Balaban J connectivity index is 0.000000941. The number of hydrogen-bond donors (Lipinski definition) is 3. The number of benzene rings is 1. The number of rotatable bonds is 5. The van der Waals surface area contributed by atoms with Gasteiger partial charge in [-0.1, -0.05) is 12.6 Å². The molecule has 0 spiro atoms. The molecule has 1 aliphatic rings. The Labute approximate surface area is 174 Å². The van der Waals surface area contributed by atoms with E-state index in [9.17, 15) is 9.59 Å². The van der Waals surface area contributed by atoms with Crippen molar-refractivity contribution in [2.45, 2.75) is 39.2 Å². The maximum Gasteiger partial charge on any atom is 0.266 e. The Bertz CT molecular complexity index is 1060. The van der Waals surface area contributed by atoms with Crippen molar-refractivity contribution in [2.24, 2.45) is 0 Å². The van der Waals surface area contributed by atoms with E-state index in [0.29, 0.717) is 9.20 Å². The molecule has 2 aromatic rings. The number of ether oxygens (including phenoxy) is 1. The van der Waals surface area contributed by atoms with Crippen molar-refractivity contribution in [3.8, 4) is 5.75 Å². The summed E-state index contributed by atoms with van der Waals surface area (Å²) in [5.74, 6) is 0.789. The molecule has 0 amide bonds. The fourth-order valence-corrected chi connectivity index (χ4v) is 3.66. The zero-order chi connectivity index (χ0) is 21.4. The highest BCUT2D eigenvalue weighted by Gasteiger charge is 2.23. The molecule has 3 rings (SSSR count). The number of carbonyl (C=O) groups is 1. The van der Waals surface area contributed by atoms with Gasteiger partial charge in [-0.15, -0.1) is 11.3 Å². The Morgan fingerprint density at radius 3 is 2.83 bits per heavy atom. The van der Waals surface area contributed by atoms with Crippen LogP contribution in [-0.2, 0) is 11.2 Å². The first-order valence-corrected chi connectivity index (χ1v) is 10.2. The number of aromatic amines is 1. The van der Waals surface area contributed by atoms with Gasteiger partial charge in [-0.25, -0.2) is 0 Å². The van der Waals surface area contributed by atoms with Crippen LogP contribution in [0.2, 0.25) is 0 Å². The molecule has 7 heteroatoms. The Kier molecular flexibility index (Phi) is 7.73. The normalized spacial score (nSPS) is 14.2. The van der Waals surface area contributed by atoms with Gasteiger partial charge in [0.1, 0.15) is 5.75 Å². The smallest absolute Gasteiger partial charge is 0.266 e. The lowest BCUT2D eigenvalue weighted by atomic mass is 10.00. The number of fused-ring (bicyclic) bond motifs is 1. The average Bonchev–Trinajstić information content (AvgIpc) is 3.01.